The Labute approximate surface area is 159 Å². The number of halogens is 3. The van der Waals surface area contributed by atoms with Crippen LogP contribution in [-0.4, -0.2) is 20.2 Å². The van der Waals surface area contributed by atoms with Crippen molar-refractivity contribution in [2.45, 2.75) is 12.8 Å². The summed E-state index contributed by atoms with van der Waals surface area (Å²) >= 11 is 0. The van der Waals surface area contributed by atoms with Gasteiger partial charge in [0.1, 0.15) is 18.2 Å². The summed E-state index contributed by atoms with van der Waals surface area (Å²) < 4.78 is 53.7. The molecule has 0 heterocycles. The fourth-order valence-electron chi connectivity index (χ4n) is 2.31. The zero-order valence-electron chi connectivity index (χ0n) is 15.0. The van der Waals surface area contributed by atoms with Gasteiger partial charge < -0.3 is 14.2 Å². The van der Waals surface area contributed by atoms with Crippen molar-refractivity contribution in [1.82, 2.24) is 0 Å². The lowest BCUT2D eigenvalue weighted by Crippen LogP contribution is -2.06. The van der Waals surface area contributed by atoms with Crippen molar-refractivity contribution in [1.29, 1.82) is 5.26 Å². The molecule has 0 atom stereocenters. The summed E-state index contributed by atoms with van der Waals surface area (Å²) in [5.74, 6) is -0.178. The van der Waals surface area contributed by atoms with Crippen molar-refractivity contribution in [3.63, 3.8) is 0 Å². The monoisotopic (exact) mass is 391 g/mol. The minimum Gasteiger partial charge on any atom is -0.493 e. The van der Waals surface area contributed by atoms with Crippen LogP contribution in [-0.2, 0) is 22.3 Å². The van der Waals surface area contributed by atoms with Gasteiger partial charge in [0.15, 0.2) is 11.5 Å². The molecule has 8 heteroatoms. The van der Waals surface area contributed by atoms with E-state index >= 15 is 0 Å². The number of carbonyl (C=O) groups is 1. The van der Waals surface area contributed by atoms with Crippen molar-refractivity contribution in [2.24, 2.45) is 0 Å². The van der Waals surface area contributed by atoms with Crippen LogP contribution in [0.1, 0.15) is 16.7 Å². The summed E-state index contributed by atoms with van der Waals surface area (Å²) in [6.45, 7) is -0.0962. The van der Waals surface area contributed by atoms with Gasteiger partial charge >= 0.3 is 12.1 Å². The number of carbonyl (C=O) groups excluding carboxylic acids is 1. The lowest BCUT2D eigenvalue weighted by molar-refractivity contribution is -0.138. The van der Waals surface area contributed by atoms with Gasteiger partial charge in [0.05, 0.1) is 19.8 Å². The maximum absolute atomic E-state index is 12.8. The van der Waals surface area contributed by atoms with E-state index in [0.717, 1.165) is 12.1 Å². The molecule has 0 aliphatic heterocycles. The van der Waals surface area contributed by atoms with E-state index in [1.165, 1.54) is 44.6 Å². The van der Waals surface area contributed by atoms with E-state index in [-0.39, 0.29) is 12.2 Å². The second-order valence-corrected chi connectivity index (χ2v) is 5.56. The van der Waals surface area contributed by atoms with Gasteiger partial charge in [-0.05, 0) is 41.5 Å². The van der Waals surface area contributed by atoms with Crippen LogP contribution in [0.4, 0.5) is 13.2 Å². The lowest BCUT2D eigenvalue weighted by Gasteiger charge is -2.13. The van der Waals surface area contributed by atoms with E-state index in [1.807, 2.05) is 0 Å². The molecule has 0 aliphatic carbocycles. The first kappa shape index (κ1) is 20.8. The second kappa shape index (κ2) is 8.95. The molecule has 5 nitrogen and oxygen atoms in total. The van der Waals surface area contributed by atoms with Gasteiger partial charge in [-0.25, -0.2) is 4.79 Å². The second-order valence-electron chi connectivity index (χ2n) is 5.56. The normalized spacial score (nSPS) is 11.5. The van der Waals surface area contributed by atoms with E-state index in [2.05, 4.69) is 4.74 Å². The maximum atomic E-state index is 12.8. The highest BCUT2D eigenvalue weighted by Gasteiger charge is 2.30. The van der Waals surface area contributed by atoms with Gasteiger partial charge in [-0.1, -0.05) is 18.2 Å². The summed E-state index contributed by atoms with van der Waals surface area (Å²) in [7, 11) is 2.56. The van der Waals surface area contributed by atoms with Crippen LogP contribution < -0.4 is 9.47 Å². The van der Waals surface area contributed by atoms with Crippen LogP contribution in [0.5, 0.6) is 11.5 Å². The number of nitriles is 1. The Morgan fingerprint density at radius 2 is 1.89 bits per heavy atom. The number of hydrogen-bond donors (Lipinski definition) is 0. The average Bonchev–Trinajstić information content (AvgIpc) is 2.69. The standard InChI is InChI=1S/C20H16F3NO4/c1-26-18-10-13(8-15(11-24)19(25)27-2)6-7-17(18)28-12-14-4-3-5-16(9-14)20(21,22)23/h3-10H,12H2,1-2H3/b15-8-. The summed E-state index contributed by atoms with van der Waals surface area (Å²) in [4.78, 5) is 11.5. The Morgan fingerprint density at radius 1 is 1.14 bits per heavy atom. The Morgan fingerprint density at radius 3 is 2.50 bits per heavy atom. The molecule has 0 N–H and O–H groups in total. The molecule has 0 saturated carbocycles. The zero-order chi connectivity index (χ0) is 20.7. The third-order valence-electron chi connectivity index (χ3n) is 3.67. The quantitative estimate of drug-likeness (QED) is 0.415. The summed E-state index contributed by atoms with van der Waals surface area (Å²) in [5.41, 5.74) is -0.112. The Hall–Kier alpha value is -3.47. The zero-order valence-corrected chi connectivity index (χ0v) is 15.0. The molecule has 0 saturated heterocycles. The molecule has 0 radical (unpaired) electrons. The minimum absolute atomic E-state index is 0.0962. The summed E-state index contributed by atoms with van der Waals surface area (Å²) in [6.07, 6.45) is -3.11. The van der Waals surface area contributed by atoms with Crippen molar-refractivity contribution in [2.75, 3.05) is 14.2 Å². The van der Waals surface area contributed by atoms with E-state index < -0.39 is 17.7 Å². The molecule has 2 aromatic carbocycles. The maximum Gasteiger partial charge on any atom is 0.416 e. The Kier molecular flexibility index (Phi) is 6.66. The van der Waals surface area contributed by atoms with Crippen molar-refractivity contribution < 1.29 is 32.2 Å². The van der Waals surface area contributed by atoms with Crippen LogP contribution in [0.15, 0.2) is 48.0 Å². The number of methoxy groups -OCH3 is 2. The van der Waals surface area contributed by atoms with Crippen molar-refractivity contribution in [3.05, 3.63) is 64.7 Å². The SMILES string of the molecule is COC(=O)/C(C#N)=C\c1ccc(OCc2cccc(C(F)(F)F)c2)c(OC)c1. The summed E-state index contributed by atoms with van der Waals surface area (Å²) in [5, 5.41) is 9.00. The molecule has 0 bridgehead atoms. The Balaban J connectivity index is 2.21. The highest BCUT2D eigenvalue weighted by Crippen LogP contribution is 2.32. The predicted molar refractivity (Wildman–Crippen MR) is 94.4 cm³/mol. The van der Waals surface area contributed by atoms with Gasteiger partial charge in [-0.2, -0.15) is 18.4 Å². The third-order valence-corrected chi connectivity index (χ3v) is 3.67. The molecule has 0 spiro atoms. The highest BCUT2D eigenvalue weighted by molar-refractivity contribution is 5.97. The number of rotatable bonds is 6. The smallest absolute Gasteiger partial charge is 0.416 e. The van der Waals surface area contributed by atoms with Gasteiger partial charge in [-0.3, -0.25) is 0 Å². The molecule has 28 heavy (non-hydrogen) atoms. The van der Waals surface area contributed by atoms with E-state index in [0.29, 0.717) is 22.6 Å². The third kappa shape index (κ3) is 5.27. The molecule has 0 aromatic heterocycles. The van der Waals surface area contributed by atoms with Gasteiger partial charge in [0, 0.05) is 0 Å². The van der Waals surface area contributed by atoms with Crippen LogP contribution in [0.3, 0.4) is 0 Å². The summed E-state index contributed by atoms with van der Waals surface area (Å²) in [6, 6.07) is 11.2. The minimum atomic E-state index is -4.43. The lowest BCUT2D eigenvalue weighted by atomic mass is 10.1. The van der Waals surface area contributed by atoms with E-state index in [1.54, 1.807) is 12.1 Å². The number of ether oxygens (including phenoxy) is 3. The number of benzene rings is 2. The predicted octanol–water partition coefficient (Wildman–Crippen LogP) is 4.37. The van der Waals surface area contributed by atoms with Crippen LogP contribution in [0.2, 0.25) is 0 Å². The largest absolute Gasteiger partial charge is 0.493 e. The number of alkyl halides is 3. The van der Waals surface area contributed by atoms with Crippen LogP contribution in [0, 0.1) is 11.3 Å². The van der Waals surface area contributed by atoms with Crippen molar-refractivity contribution in [3.8, 4) is 17.6 Å². The molecule has 0 amide bonds. The van der Waals surface area contributed by atoms with Crippen LogP contribution in [0.25, 0.3) is 6.08 Å². The van der Waals surface area contributed by atoms with Gasteiger partial charge in [0.25, 0.3) is 0 Å². The highest BCUT2D eigenvalue weighted by atomic mass is 19.4. The molecule has 2 rings (SSSR count). The van der Waals surface area contributed by atoms with Gasteiger partial charge in [-0.15, -0.1) is 0 Å². The molecule has 146 valence electrons. The topological polar surface area (TPSA) is 68.6 Å². The van der Waals surface area contributed by atoms with Gasteiger partial charge in [0.2, 0.25) is 0 Å². The van der Waals surface area contributed by atoms with Crippen LogP contribution >= 0.6 is 0 Å². The first-order chi connectivity index (χ1) is 13.3. The molecule has 0 unspecified atom stereocenters. The number of esters is 1. The molecular weight excluding hydrogens is 375 g/mol. The Bertz CT molecular complexity index is 930. The van der Waals surface area contributed by atoms with E-state index in [4.69, 9.17) is 14.7 Å². The van der Waals surface area contributed by atoms with Crippen molar-refractivity contribution >= 4 is 12.0 Å². The average molecular weight is 391 g/mol. The molecule has 0 fully saturated rings. The molecular formula is C20H16F3NO4. The number of nitrogens with zero attached hydrogens (tertiary/aromatic N) is 1. The first-order valence-corrected chi connectivity index (χ1v) is 7.95. The van der Waals surface area contributed by atoms with E-state index in [9.17, 15) is 18.0 Å². The number of hydrogen-bond acceptors (Lipinski definition) is 5. The fraction of sp³-hybridized carbons (Fsp3) is 0.200. The molecule has 2 aromatic rings. The first-order valence-electron chi connectivity index (χ1n) is 7.95. The molecule has 0 aliphatic rings. The fourth-order valence-corrected chi connectivity index (χ4v) is 2.31.